The summed E-state index contributed by atoms with van der Waals surface area (Å²) in [5.74, 6) is -2.47. The van der Waals surface area contributed by atoms with Crippen LogP contribution in [0, 0.1) is 5.92 Å². The molecule has 200 valence electrons. The Labute approximate surface area is 217 Å². The summed E-state index contributed by atoms with van der Waals surface area (Å²) in [7, 11) is 0. The van der Waals surface area contributed by atoms with Gasteiger partial charge in [-0.2, -0.15) is 0 Å². The molecule has 2 aromatic rings. The molecule has 2 aromatic carbocycles. The molecular formula is C28H36N2O7. The molecule has 0 heterocycles. The first-order chi connectivity index (χ1) is 17.4. The molecule has 0 aliphatic rings. The molecule has 9 nitrogen and oxygen atoms in total. The molecule has 0 saturated carbocycles. The summed E-state index contributed by atoms with van der Waals surface area (Å²) < 4.78 is 15.9. The van der Waals surface area contributed by atoms with Gasteiger partial charge in [-0.1, -0.05) is 74.5 Å². The summed E-state index contributed by atoms with van der Waals surface area (Å²) in [6, 6.07) is 15.8. The number of carbonyl (C=O) groups excluding carboxylic acids is 4. The highest BCUT2D eigenvalue weighted by Gasteiger charge is 2.32. The fourth-order valence-electron chi connectivity index (χ4n) is 3.22. The van der Waals surface area contributed by atoms with Crippen molar-refractivity contribution in [2.24, 2.45) is 5.92 Å². The topological polar surface area (TPSA) is 120 Å². The van der Waals surface area contributed by atoms with Crippen LogP contribution in [0.25, 0.3) is 0 Å². The average Bonchev–Trinajstić information content (AvgIpc) is 2.84. The van der Waals surface area contributed by atoms with Crippen LogP contribution in [0.3, 0.4) is 0 Å². The lowest BCUT2D eigenvalue weighted by Crippen LogP contribution is -2.55. The monoisotopic (exact) mass is 512 g/mol. The maximum absolute atomic E-state index is 13.1. The predicted molar refractivity (Wildman–Crippen MR) is 137 cm³/mol. The van der Waals surface area contributed by atoms with E-state index in [1.807, 2.05) is 24.3 Å². The average molecular weight is 513 g/mol. The van der Waals surface area contributed by atoms with Gasteiger partial charge >= 0.3 is 18.0 Å². The molecule has 0 bridgehead atoms. The molecule has 0 aliphatic heterocycles. The van der Waals surface area contributed by atoms with Crippen LogP contribution >= 0.6 is 0 Å². The number of benzene rings is 2. The van der Waals surface area contributed by atoms with Crippen molar-refractivity contribution in [2.75, 3.05) is 0 Å². The molecule has 0 fully saturated rings. The van der Waals surface area contributed by atoms with Crippen LogP contribution in [0.15, 0.2) is 60.7 Å². The van der Waals surface area contributed by atoms with Gasteiger partial charge in [-0.15, -0.1) is 0 Å². The minimum absolute atomic E-state index is 0.0220. The van der Waals surface area contributed by atoms with Crippen LogP contribution in [0.4, 0.5) is 4.79 Å². The first kappa shape index (κ1) is 29.4. The molecular weight excluding hydrogens is 476 g/mol. The Hall–Kier alpha value is -3.88. The van der Waals surface area contributed by atoms with Crippen molar-refractivity contribution in [1.82, 2.24) is 10.6 Å². The van der Waals surface area contributed by atoms with Gasteiger partial charge in [-0.25, -0.2) is 9.59 Å². The molecule has 0 spiro atoms. The smallest absolute Gasteiger partial charge is 0.408 e. The SMILES string of the molecule is CC(C)[C@@H](NC(=O)OC(C)(C)C)C(=O)N[C@H](CC(=O)OCc1ccccc1)C(=O)OCc1ccccc1. The third-order valence-electron chi connectivity index (χ3n) is 5.06. The van der Waals surface area contributed by atoms with Crippen molar-refractivity contribution in [3.8, 4) is 0 Å². The maximum atomic E-state index is 13.1. The molecule has 0 unspecified atom stereocenters. The minimum Gasteiger partial charge on any atom is -0.461 e. The van der Waals surface area contributed by atoms with Gasteiger partial charge in [-0.05, 0) is 37.8 Å². The lowest BCUT2D eigenvalue weighted by Gasteiger charge is -2.26. The maximum Gasteiger partial charge on any atom is 0.408 e. The number of esters is 2. The standard InChI is InChI=1S/C28H36N2O7/c1-19(2)24(30-27(34)37-28(3,4)5)25(32)29-22(26(33)36-18-21-14-10-7-11-15-21)16-23(31)35-17-20-12-8-6-9-13-20/h6-15,19,22,24H,16-18H2,1-5H3,(H,29,32)(H,30,34)/t22-,24-/m1/s1. The third-order valence-corrected chi connectivity index (χ3v) is 5.06. The first-order valence-electron chi connectivity index (χ1n) is 12.1. The Morgan fingerprint density at radius 3 is 1.78 bits per heavy atom. The highest BCUT2D eigenvalue weighted by Crippen LogP contribution is 2.11. The summed E-state index contributed by atoms with van der Waals surface area (Å²) >= 11 is 0. The molecule has 37 heavy (non-hydrogen) atoms. The summed E-state index contributed by atoms with van der Waals surface area (Å²) in [6.45, 7) is 8.57. The van der Waals surface area contributed by atoms with Gasteiger partial charge in [0.2, 0.25) is 5.91 Å². The van der Waals surface area contributed by atoms with Crippen LogP contribution in [0.2, 0.25) is 0 Å². The van der Waals surface area contributed by atoms with Gasteiger partial charge in [-0.3, -0.25) is 9.59 Å². The number of hydrogen-bond donors (Lipinski definition) is 2. The van der Waals surface area contributed by atoms with Gasteiger partial charge in [0.25, 0.3) is 0 Å². The molecule has 0 aromatic heterocycles. The van der Waals surface area contributed by atoms with Gasteiger partial charge in [0.15, 0.2) is 0 Å². The van der Waals surface area contributed by atoms with Crippen molar-refractivity contribution in [3.05, 3.63) is 71.8 Å². The largest absolute Gasteiger partial charge is 0.461 e. The van der Waals surface area contributed by atoms with Gasteiger partial charge in [0.05, 0.1) is 6.42 Å². The van der Waals surface area contributed by atoms with Crippen LogP contribution < -0.4 is 10.6 Å². The molecule has 0 saturated heterocycles. The molecule has 2 N–H and O–H groups in total. The summed E-state index contributed by atoms with van der Waals surface area (Å²) in [5, 5.41) is 5.08. The van der Waals surface area contributed by atoms with E-state index in [9.17, 15) is 19.2 Å². The van der Waals surface area contributed by atoms with E-state index in [2.05, 4.69) is 10.6 Å². The van der Waals surface area contributed by atoms with Crippen molar-refractivity contribution in [2.45, 2.75) is 71.9 Å². The van der Waals surface area contributed by atoms with E-state index in [0.717, 1.165) is 11.1 Å². The van der Waals surface area contributed by atoms with Crippen LogP contribution in [0.1, 0.15) is 52.2 Å². The Bertz CT molecular complexity index is 1030. The number of rotatable bonds is 11. The Balaban J connectivity index is 2.09. The molecule has 2 amide bonds. The van der Waals surface area contributed by atoms with Crippen molar-refractivity contribution < 1.29 is 33.4 Å². The van der Waals surface area contributed by atoms with E-state index in [1.165, 1.54) is 0 Å². The first-order valence-corrected chi connectivity index (χ1v) is 12.1. The number of ether oxygens (including phenoxy) is 3. The van der Waals surface area contributed by atoms with E-state index in [-0.39, 0.29) is 19.1 Å². The second-order valence-corrected chi connectivity index (χ2v) is 9.87. The number of nitrogens with one attached hydrogen (secondary N) is 2. The number of alkyl carbamates (subject to hydrolysis) is 1. The molecule has 0 aliphatic carbocycles. The molecule has 2 atom stereocenters. The van der Waals surface area contributed by atoms with Crippen LogP contribution in [-0.4, -0.2) is 41.6 Å². The number of hydrogen-bond acceptors (Lipinski definition) is 7. The van der Waals surface area contributed by atoms with E-state index >= 15 is 0 Å². The quantitative estimate of drug-likeness (QED) is 0.346. The number of carbonyl (C=O) groups is 4. The molecule has 2 rings (SSSR count). The van der Waals surface area contributed by atoms with Gasteiger partial charge < -0.3 is 24.8 Å². The summed E-state index contributed by atoms with van der Waals surface area (Å²) in [6.07, 6.45) is -1.21. The fraction of sp³-hybridized carbons (Fsp3) is 0.429. The van der Waals surface area contributed by atoms with Crippen LogP contribution in [0.5, 0.6) is 0 Å². The molecule has 0 radical (unpaired) electrons. The highest BCUT2D eigenvalue weighted by molar-refractivity contribution is 5.91. The molecule has 9 heteroatoms. The van der Waals surface area contributed by atoms with Crippen molar-refractivity contribution in [1.29, 1.82) is 0 Å². The Morgan fingerprint density at radius 2 is 1.30 bits per heavy atom. The second kappa shape index (κ2) is 14.0. The lowest BCUT2D eigenvalue weighted by molar-refractivity contribution is -0.155. The Kier molecular flexibility index (Phi) is 11.1. The lowest BCUT2D eigenvalue weighted by atomic mass is 10.0. The predicted octanol–water partition coefficient (Wildman–Crippen LogP) is 3.90. The number of amides is 2. The third kappa shape index (κ3) is 11.2. The van der Waals surface area contributed by atoms with E-state index in [1.54, 1.807) is 71.0 Å². The summed E-state index contributed by atoms with van der Waals surface area (Å²) in [4.78, 5) is 50.8. The Morgan fingerprint density at radius 1 is 0.784 bits per heavy atom. The fourth-order valence-corrected chi connectivity index (χ4v) is 3.22. The van der Waals surface area contributed by atoms with Gasteiger partial charge in [0, 0.05) is 0 Å². The highest BCUT2D eigenvalue weighted by atomic mass is 16.6. The van der Waals surface area contributed by atoms with Crippen molar-refractivity contribution >= 4 is 23.9 Å². The van der Waals surface area contributed by atoms with Gasteiger partial charge in [0.1, 0.15) is 30.9 Å². The van der Waals surface area contributed by atoms with E-state index in [4.69, 9.17) is 14.2 Å². The van der Waals surface area contributed by atoms with Crippen molar-refractivity contribution in [3.63, 3.8) is 0 Å². The summed E-state index contributed by atoms with van der Waals surface area (Å²) in [5.41, 5.74) is 0.776. The zero-order chi connectivity index (χ0) is 27.4. The zero-order valence-corrected chi connectivity index (χ0v) is 22.0. The second-order valence-electron chi connectivity index (χ2n) is 9.87. The van der Waals surface area contributed by atoms with E-state index < -0.39 is 48.0 Å². The minimum atomic E-state index is -1.32. The zero-order valence-electron chi connectivity index (χ0n) is 22.0. The van der Waals surface area contributed by atoms with E-state index in [0.29, 0.717) is 0 Å². The van der Waals surface area contributed by atoms with Crippen LogP contribution in [-0.2, 0) is 41.8 Å². The normalized spacial score (nSPS) is 12.7.